The molecule has 1 aliphatic heterocycles. The van der Waals surface area contributed by atoms with E-state index in [1.165, 1.54) is 11.9 Å². The van der Waals surface area contributed by atoms with Gasteiger partial charge in [0.25, 0.3) is 5.91 Å². The van der Waals surface area contributed by atoms with Crippen LogP contribution in [0, 0.1) is 0 Å². The van der Waals surface area contributed by atoms with E-state index in [9.17, 15) is 4.79 Å². The van der Waals surface area contributed by atoms with Crippen LogP contribution >= 0.6 is 0 Å². The van der Waals surface area contributed by atoms with Crippen molar-refractivity contribution < 1.29 is 4.79 Å². The fraction of sp³-hybridized carbons (Fsp3) is 0.286. The predicted molar refractivity (Wildman–Crippen MR) is 104 cm³/mol. The van der Waals surface area contributed by atoms with Gasteiger partial charge in [0.15, 0.2) is 0 Å². The zero-order valence-corrected chi connectivity index (χ0v) is 15.2. The topological polar surface area (TPSA) is 54.3 Å². The molecule has 0 unspecified atom stereocenters. The van der Waals surface area contributed by atoms with Gasteiger partial charge >= 0.3 is 0 Å². The molecule has 0 radical (unpaired) electrons. The fourth-order valence-electron chi connectivity index (χ4n) is 3.45. The minimum atomic E-state index is 0.0988. The largest absolute Gasteiger partial charge is 0.337 e. The molecule has 1 aromatic heterocycles. The van der Waals surface area contributed by atoms with Crippen LogP contribution in [0.5, 0.6) is 0 Å². The van der Waals surface area contributed by atoms with Crippen molar-refractivity contribution in [2.24, 2.45) is 0 Å². The van der Waals surface area contributed by atoms with Gasteiger partial charge < -0.3 is 4.90 Å². The second kappa shape index (κ2) is 8.14. The maximum absolute atomic E-state index is 12.9. The maximum Gasteiger partial charge on any atom is 0.253 e. The summed E-state index contributed by atoms with van der Waals surface area (Å²) in [5, 5.41) is 4.11. The van der Waals surface area contributed by atoms with Crippen molar-refractivity contribution >= 4 is 5.91 Å². The minimum absolute atomic E-state index is 0.0988. The van der Waals surface area contributed by atoms with Crippen LogP contribution in [0.2, 0.25) is 0 Å². The van der Waals surface area contributed by atoms with Gasteiger partial charge in [-0.05, 0) is 36.2 Å². The minimum Gasteiger partial charge on any atom is -0.337 e. The first-order valence-electron chi connectivity index (χ1n) is 9.30. The fourth-order valence-corrected chi connectivity index (χ4v) is 3.45. The summed E-state index contributed by atoms with van der Waals surface area (Å²) in [5.41, 5.74) is 2.94. The molecule has 1 fully saturated rings. The maximum atomic E-state index is 12.9. The summed E-state index contributed by atoms with van der Waals surface area (Å²) in [6.45, 7) is 4.42. The Morgan fingerprint density at radius 3 is 2.48 bits per heavy atom. The third kappa shape index (κ3) is 4.23. The first-order valence-corrected chi connectivity index (χ1v) is 9.30. The second-order valence-electron chi connectivity index (χ2n) is 6.79. The van der Waals surface area contributed by atoms with Crippen LogP contribution in [0.3, 0.4) is 0 Å². The van der Waals surface area contributed by atoms with Crippen LogP contribution in [0.25, 0.3) is 5.69 Å². The smallest absolute Gasteiger partial charge is 0.253 e. The molecular formula is C21H23N5O. The van der Waals surface area contributed by atoms with Crippen LogP contribution < -0.4 is 0 Å². The third-order valence-corrected chi connectivity index (χ3v) is 4.92. The van der Waals surface area contributed by atoms with E-state index in [1.807, 2.05) is 35.2 Å². The molecule has 0 N–H and O–H groups in total. The second-order valence-corrected chi connectivity index (χ2v) is 6.79. The SMILES string of the molecule is O=C(c1ccc(-n2cncn2)cc1)N1CCCN(Cc2ccccc2)CC1. The van der Waals surface area contributed by atoms with Gasteiger partial charge in [0.2, 0.25) is 0 Å². The Bertz CT molecular complexity index is 861. The van der Waals surface area contributed by atoms with Gasteiger partial charge in [0, 0.05) is 38.3 Å². The Morgan fingerprint density at radius 2 is 1.74 bits per heavy atom. The van der Waals surface area contributed by atoms with E-state index < -0.39 is 0 Å². The van der Waals surface area contributed by atoms with Crippen LogP contribution in [0.4, 0.5) is 0 Å². The predicted octanol–water partition coefficient (Wildman–Crippen LogP) is 2.62. The van der Waals surface area contributed by atoms with Crippen LogP contribution in [-0.2, 0) is 6.54 Å². The van der Waals surface area contributed by atoms with Crippen LogP contribution in [0.15, 0.2) is 67.3 Å². The molecule has 27 heavy (non-hydrogen) atoms. The van der Waals surface area contributed by atoms with E-state index >= 15 is 0 Å². The van der Waals surface area contributed by atoms with Gasteiger partial charge in [-0.3, -0.25) is 9.69 Å². The highest BCUT2D eigenvalue weighted by molar-refractivity contribution is 5.94. The average Bonchev–Trinajstić information content (AvgIpc) is 3.16. The van der Waals surface area contributed by atoms with Gasteiger partial charge in [-0.1, -0.05) is 30.3 Å². The van der Waals surface area contributed by atoms with Crippen molar-refractivity contribution in [2.45, 2.75) is 13.0 Å². The molecular weight excluding hydrogens is 338 g/mol. The number of benzene rings is 2. The first kappa shape index (κ1) is 17.4. The summed E-state index contributed by atoms with van der Waals surface area (Å²) in [7, 11) is 0. The Hall–Kier alpha value is -2.99. The zero-order valence-electron chi connectivity index (χ0n) is 15.2. The van der Waals surface area contributed by atoms with Gasteiger partial charge in [0.05, 0.1) is 5.69 Å². The molecule has 0 bridgehead atoms. The number of hydrogen-bond donors (Lipinski definition) is 0. The number of aromatic nitrogens is 3. The molecule has 0 spiro atoms. The molecule has 0 saturated carbocycles. The number of carbonyl (C=O) groups excluding carboxylic acids is 1. The van der Waals surface area contributed by atoms with Crippen molar-refractivity contribution in [1.29, 1.82) is 0 Å². The van der Waals surface area contributed by atoms with Crippen molar-refractivity contribution in [1.82, 2.24) is 24.6 Å². The van der Waals surface area contributed by atoms with Gasteiger partial charge in [-0.2, -0.15) is 5.10 Å². The average molecular weight is 361 g/mol. The lowest BCUT2D eigenvalue weighted by Crippen LogP contribution is -2.35. The lowest BCUT2D eigenvalue weighted by Gasteiger charge is -2.22. The summed E-state index contributed by atoms with van der Waals surface area (Å²) < 4.78 is 1.68. The Labute approximate surface area is 159 Å². The highest BCUT2D eigenvalue weighted by Gasteiger charge is 2.20. The number of nitrogens with zero attached hydrogens (tertiary/aromatic N) is 5. The molecule has 2 heterocycles. The Kier molecular flexibility index (Phi) is 5.25. The lowest BCUT2D eigenvalue weighted by atomic mass is 10.1. The van der Waals surface area contributed by atoms with E-state index in [4.69, 9.17) is 0 Å². The normalized spacial score (nSPS) is 15.5. The highest BCUT2D eigenvalue weighted by atomic mass is 16.2. The summed E-state index contributed by atoms with van der Waals surface area (Å²) in [4.78, 5) is 21.2. The number of amides is 1. The third-order valence-electron chi connectivity index (χ3n) is 4.92. The zero-order chi connectivity index (χ0) is 18.5. The summed E-state index contributed by atoms with van der Waals surface area (Å²) in [6, 6.07) is 18.0. The summed E-state index contributed by atoms with van der Waals surface area (Å²) >= 11 is 0. The molecule has 138 valence electrons. The van der Waals surface area contributed by atoms with Crippen molar-refractivity contribution in [3.63, 3.8) is 0 Å². The van der Waals surface area contributed by atoms with E-state index in [-0.39, 0.29) is 5.91 Å². The number of hydrogen-bond acceptors (Lipinski definition) is 4. The Morgan fingerprint density at radius 1 is 0.926 bits per heavy atom. The Balaban J connectivity index is 1.38. The quantitative estimate of drug-likeness (QED) is 0.717. The van der Waals surface area contributed by atoms with Gasteiger partial charge in [-0.15, -0.1) is 0 Å². The van der Waals surface area contributed by atoms with Crippen LogP contribution in [-0.4, -0.2) is 56.7 Å². The van der Waals surface area contributed by atoms with Crippen molar-refractivity contribution in [3.05, 3.63) is 78.4 Å². The summed E-state index contributed by atoms with van der Waals surface area (Å²) in [5.74, 6) is 0.0988. The molecule has 0 atom stereocenters. The van der Waals surface area contributed by atoms with Gasteiger partial charge in [0.1, 0.15) is 12.7 Å². The van der Waals surface area contributed by atoms with E-state index in [2.05, 4.69) is 39.2 Å². The van der Waals surface area contributed by atoms with Crippen molar-refractivity contribution in [3.8, 4) is 5.69 Å². The van der Waals surface area contributed by atoms with Crippen molar-refractivity contribution in [2.75, 3.05) is 26.2 Å². The molecule has 1 saturated heterocycles. The molecule has 2 aromatic carbocycles. The monoisotopic (exact) mass is 361 g/mol. The first-order chi connectivity index (χ1) is 13.3. The molecule has 1 amide bonds. The van der Waals surface area contributed by atoms with E-state index in [1.54, 1.807) is 11.0 Å². The number of rotatable bonds is 4. The molecule has 1 aliphatic rings. The highest BCUT2D eigenvalue weighted by Crippen LogP contribution is 2.14. The standard InChI is InChI=1S/C21H23N5O/c27-21(19-7-9-20(10-8-19)26-17-22-16-23-26)25-12-4-11-24(13-14-25)15-18-5-2-1-3-6-18/h1-3,5-10,16-17H,4,11-15H2. The van der Waals surface area contributed by atoms with Crippen LogP contribution in [0.1, 0.15) is 22.3 Å². The van der Waals surface area contributed by atoms with Gasteiger partial charge in [-0.25, -0.2) is 9.67 Å². The molecule has 0 aliphatic carbocycles. The molecule has 4 rings (SSSR count). The summed E-state index contributed by atoms with van der Waals surface area (Å²) in [6.07, 6.45) is 4.14. The number of carbonyl (C=O) groups is 1. The molecule has 6 heteroatoms. The molecule has 6 nitrogen and oxygen atoms in total. The molecule has 3 aromatic rings. The lowest BCUT2D eigenvalue weighted by molar-refractivity contribution is 0.0761. The van der Waals surface area contributed by atoms with E-state index in [0.717, 1.165) is 50.4 Å². The van der Waals surface area contributed by atoms with E-state index in [0.29, 0.717) is 0 Å².